The van der Waals surface area contributed by atoms with Crippen LogP contribution in [-0.4, -0.2) is 47.0 Å². The summed E-state index contributed by atoms with van der Waals surface area (Å²) in [5, 5.41) is 4.00. The predicted molar refractivity (Wildman–Crippen MR) is 138 cm³/mol. The van der Waals surface area contributed by atoms with Gasteiger partial charge in [-0.1, -0.05) is 18.2 Å². The van der Waals surface area contributed by atoms with Crippen LogP contribution in [-0.2, 0) is 0 Å². The average molecular weight is 469 g/mol. The minimum absolute atomic E-state index is 0.116. The van der Waals surface area contributed by atoms with E-state index in [-0.39, 0.29) is 17.8 Å². The van der Waals surface area contributed by atoms with Crippen LogP contribution in [0.5, 0.6) is 0 Å². The summed E-state index contributed by atoms with van der Waals surface area (Å²) in [6.07, 6.45) is 5.35. The molecule has 1 N–H and O–H groups in total. The molecule has 1 saturated heterocycles. The quantitative estimate of drug-likeness (QED) is 0.427. The molecule has 0 spiro atoms. The number of nitrogens with one attached hydrogen (secondary N) is 1. The largest absolute Gasteiger partial charge is 0.348 e. The minimum atomic E-state index is -0.327. The van der Waals surface area contributed by atoms with E-state index in [1.54, 1.807) is 30.6 Å². The van der Waals surface area contributed by atoms with Crippen LogP contribution in [0.25, 0.3) is 33.2 Å². The Hall–Kier alpha value is -3.64. The highest BCUT2D eigenvalue weighted by Crippen LogP contribution is 2.38. The number of hydrogen-bond acceptors (Lipinski definition) is 4. The number of fused-ring (bicyclic) bond motifs is 1. The van der Waals surface area contributed by atoms with Gasteiger partial charge in [0.1, 0.15) is 11.5 Å². The topological polar surface area (TPSA) is 58.1 Å². The second kappa shape index (κ2) is 9.55. The number of rotatable bonds is 4. The van der Waals surface area contributed by atoms with Crippen LogP contribution < -0.4 is 5.32 Å². The van der Waals surface area contributed by atoms with E-state index in [0.29, 0.717) is 22.3 Å². The van der Waals surface area contributed by atoms with Crippen molar-refractivity contribution in [1.82, 2.24) is 20.2 Å². The molecule has 2 aromatic heterocycles. The Bertz CT molecular complexity index is 1400. The van der Waals surface area contributed by atoms with E-state index in [0.717, 1.165) is 53.6 Å². The van der Waals surface area contributed by atoms with Gasteiger partial charge in [-0.15, -0.1) is 0 Å². The van der Waals surface area contributed by atoms with Crippen LogP contribution in [0.1, 0.15) is 34.5 Å². The number of amides is 1. The highest BCUT2D eigenvalue weighted by molar-refractivity contribution is 6.05. The maximum atomic E-state index is 15.0. The normalized spacial score (nSPS) is 14.9. The van der Waals surface area contributed by atoms with E-state index in [4.69, 9.17) is 4.98 Å². The maximum Gasteiger partial charge on any atom is 0.270 e. The van der Waals surface area contributed by atoms with E-state index in [1.807, 2.05) is 38.1 Å². The fourth-order valence-corrected chi connectivity index (χ4v) is 5.14. The number of carbonyl (C=O) groups is 1. The fourth-order valence-electron chi connectivity index (χ4n) is 5.14. The van der Waals surface area contributed by atoms with Gasteiger partial charge in [0.15, 0.2) is 0 Å². The Morgan fingerprint density at radius 1 is 1.03 bits per heavy atom. The van der Waals surface area contributed by atoms with Crippen molar-refractivity contribution in [1.29, 1.82) is 0 Å². The van der Waals surface area contributed by atoms with Gasteiger partial charge in [0.25, 0.3) is 5.91 Å². The second-order valence-electron chi connectivity index (χ2n) is 9.41. The molecule has 0 radical (unpaired) electrons. The number of piperidine rings is 1. The molecule has 178 valence electrons. The van der Waals surface area contributed by atoms with Gasteiger partial charge in [-0.25, -0.2) is 9.37 Å². The van der Waals surface area contributed by atoms with E-state index in [1.165, 1.54) is 6.07 Å². The van der Waals surface area contributed by atoms with Crippen molar-refractivity contribution < 1.29 is 9.18 Å². The minimum Gasteiger partial charge on any atom is -0.348 e. The lowest BCUT2D eigenvalue weighted by Crippen LogP contribution is -2.43. The zero-order valence-electron chi connectivity index (χ0n) is 20.3. The van der Waals surface area contributed by atoms with Crippen molar-refractivity contribution in [2.24, 2.45) is 0 Å². The summed E-state index contributed by atoms with van der Waals surface area (Å²) in [5.74, 6) is -0.542. The number of carbonyl (C=O) groups excluding carboxylic acids is 1. The summed E-state index contributed by atoms with van der Waals surface area (Å²) in [6, 6.07) is 14.5. The lowest BCUT2D eigenvalue weighted by atomic mass is 9.89. The fraction of sp³-hybridized carbons (Fsp3) is 0.276. The molecule has 3 heterocycles. The molecule has 5 rings (SSSR count). The average Bonchev–Trinajstić information content (AvgIpc) is 2.85. The summed E-state index contributed by atoms with van der Waals surface area (Å²) in [6.45, 7) is 5.98. The number of hydrogen-bond donors (Lipinski definition) is 1. The summed E-state index contributed by atoms with van der Waals surface area (Å²) >= 11 is 0. The molecule has 2 aromatic carbocycles. The molecule has 35 heavy (non-hydrogen) atoms. The Morgan fingerprint density at radius 3 is 2.46 bits per heavy atom. The van der Waals surface area contributed by atoms with Crippen molar-refractivity contribution in [3.8, 4) is 22.3 Å². The standard InChI is InChI=1S/C29H29FN4O/c1-18-16-25-28(19(2)27(18)20-8-12-31-13-9-20)23(22-6-4-5-7-24(22)30)17-26(33-25)29(35)32-21-10-14-34(3)15-11-21/h4-9,12-13,16-17,21H,10-11,14-15H2,1-3H3,(H,32,35). The van der Waals surface area contributed by atoms with Gasteiger partial charge in [-0.2, -0.15) is 0 Å². The monoisotopic (exact) mass is 468 g/mol. The van der Waals surface area contributed by atoms with Crippen molar-refractivity contribution in [2.75, 3.05) is 20.1 Å². The Morgan fingerprint density at radius 2 is 1.74 bits per heavy atom. The van der Waals surface area contributed by atoms with Crippen LogP contribution in [0, 0.1) is 19.7 Å². The molecule has 0 saturated carbocycles. The number of aromatic nitrogens is 2. The number of halogens is 1. The first-order valence-corrected chi connectivity index (χ1v) is 12.0. The number of pyridine rings is 2. The second-order valence-corrected chi connectivity index (χ2v) is 9.41. The van der Waals surface area contributed by atoms with E-state index < -0.39 is 0 Å². The molecule has 6 heteroatoms. The molecule has 0 bridgehead atoms. The first-order chi connectivity index (χ1) is 16.9. The summed E-state index contributed by atoms with van der Waals surface area (Å²) in [4.78, 5) is 24.5. The summed E-state index contributed by atoms with van der Waals surface area (Å²) < 4.78 is 15.0. The molecule has 4 aromatic rings. The zero-order chi connectivity index (χ0) is 24.5. The molecule has 1 fully saturated rings. The van der Waals surface area contributed by atoms with Gasteiger partial charge in [-0.05, 0) is 105 Å². The van der Waals surface area contributed by atoms with Gasteiger partial charge in [0.05, 0.1) is 5.52 Å². The molecule has 0 unspecified atom stereocenters. The Labute approximate surface area is 205 Å². The third kappa shape index (κ3) is 4.54. The highest BCUT2D eigenvalue weighted by atomic mass is 19.1. The molecular formula is C29H29FN4O. The number of nitrogens with zero attached hydrogens (tertiary/aromatic N) is 3. The highest BCUT2D eigenvalue weighted by Gasteiger charge is 2.23. The third-order valence-corrected chi connectivity index (χ3v) is 6.96. The molecule has 1 aliphatic rings. The Kier molecular flexibility index (Phi) is 6.31. The van der Waals surface area contributed by atoms with Crippen molar-refractivity contribution >= 4 is 16.8 Å². The van der Waals surface area contributed by atoms with Crippen molar-refractivity contribution in [2.45, 2.75) is 32.7 Å². The number of benzene rings is 2. The maximum absolute atomic E-state index is 15.0. The van der Waals surface area contributed by atoms with Gasteiger partial charge in [0.2, 0.25) is 0 Å². The van der Waals surface area contributed by atoms with Crippen LogP contribution in [0.2, 0.25) is 0 Å². The lowest BCUT2D eigenvalue weighted by molar-refractivity contribution is 0.0912. The summed E-state index contributed by atoms with van der Waals surface area (Å²) in [5.41, 5.74) is 6.29. The van der Waals surface area contributed by atoms with Crippen LogP contribution >= 0.6 is 0 Å². The molecule has 5 nitrogen and oxygen atoms in total. The molecule has 1 amide bonds. The molecule has 0 aliphatic carbocycles. The molecular weight excluding hydrogens is 439 g/mol. The van der Waals surface area contributed by atoms with E-state index >= 15 is 4.39 Å². The van der Waals surface area contributed by atoms with Gasteiger partial charge in [-0.3, -0.25) is 9.78 Å². The van der Waals surface area contributed by atoms with Crippen molar-refractivity contribution in [3.05, 3.63) is 83.6 Å². The summed E-state index contributed by atoms with van der Waals surface area (Å²) in [7, 11) is 2.09. The number of likely N-dealkylation sites (tertiary alicyclic amines) is 1. The Balaban J connectivity index is 1.68. The number of aryl methyl sites for hydroxylation is 2. The third-order valence-electron chi connectivity index (χ3n) is 6.96. The van der Waals surface area contributed by atoms with Gasteiger partial charge >= 0.3 is 0 Å². The van der Waals surface area contributed by atoms with Gasteiger partial charge in [0, 0.05) is 29.4 Å². The van der Waals surface area contributed by atoms with Crippen LogP contribution in [0.3, 0.4) is 0 Å². The zero-order valence-corrected chi connectivity index (χ0v) is 20.3. The SMILES string of the molecule is Cc1cc2nc(C(=O)NC3CCN(C)CC3)cc(-c3ccccc3F)c2c(C)c1-c1ccncc1. The lowest BCUT2D eigenvalue weighted by Gasteiger charge is -2.29. The van der Waals surface area contributed by atoms with Crippen LogP contribution in [0.15, 0.2) is 60.9 Å². The first-order valence-electron chi connectivity index (χ1n) is 12.0. The van der Waals surface area contributed by atoms with Crippen LogP contribution in [0.4, 0.5) is 4.39 Å². The predicted octanol–water partition coefficient (Wildman–Crippen LogP) is 5.54. The van der Waals surface area contributed by atoms with Crippen molar-refractivity contribution in [3.63, 3.8) is 0 Å². The van der Waals surface area contributed by atoms with E-state index in [2.05, 4.69) is 22.2 Å². The molecule has 1 aliphatic heterocycles. The first kappa shape index (κ1) is 23.1. The smallest absolute Gasteiger partial charge is 0.270 e. The van der Waals surface area contributed by atoms with E-state index in [9.17, 15) is 4.79 Å². The molecule has 0 atom stereocenters. The van der Waals surface area contributed by atoms with Gasteiger partial charge < -0.3 is 10.2 Å².